The number of hydrogen-bond acceptors (Lipinski definition) is 1. The molecule has 1 aliphatic rings. The topological polar surface area (TPSA) is 26.0 Å². The lowest BCUT2D eigenvalue weighted by Gasteiger charge is -2.11. The second-order valence-corrected chi connectivity index (χ2v) is 5.14. The van der Waals surface area contributed by atoms with Crippen molar-refractivity contribution in [3.05, 3.63) is 34.9 Å². The van der Waals surface area contributed by atoms with Gasteiger partial charge in [-0.3, -0.25) is 0 Å². The minimum Gasteiger partial charge on any atom is -0.328 e. The average molecular weight is 203 g/mol. The van der Waals surface area contributed by atoms with Gasteiger partial charge in [0.1, 0.15) is 0 Å². The predicted octanol–water partition coefficient (Wildman–Crippen LogP) is 2.97. The molecular formula is C14H21N. The lowest BCUT2D eigenvalue weighted by atomic mass is 9.95. The summed E-state index contributed by atoms with van der Waals surface area (Å²) in [4.78, 5) is 0. The smallest absolute Gasteiger partial charge is 0.00416 e. The lowest BCUT2D eigenvalue weighted by Crippen LogP contribution is -2.15. The summed E-state index contributed by atoms with van der Waals surface area (Å²) in [5, 5.41) is 0. The Morgan fingerprint density at radius 3 is 2.33 bits per heavy atom. The molecule has 0 spiro atoms. The van der Waals surface area contributed by atoms with Crippen LogP contribution in [-0.2, 0) is 6.42 Å². The van der Waals surface area contributed by atoms with E-state index in [9.17, 15) is 0 Å². The summed E-state index contributed by atoms with van der Waals surface area (Å²) < 4.78 is 0. The summed E-state index contributed by atoms with van der Waals surface area (Å²) in [5.41, 5.74) is 10.2. The Bertz CT molecular complexity index is 323. The van der Waals surface area contributed by atoms with Gasteiger partial charge in [-0.2, -0.15) is 0 Å². The minimum atomic E-state index is 0.459. The van der Waals surface area contributed by atoms with E-state index in [4.69, 9.17) is 5.73 Å². The van der Waals surface area contributed by atoms with Crippen molar-refractivity contribution in [2.24, 2.45) is 11.7 Å². The molecule has 0 radical (unpaired) electrons. The standard InChI is InChI=1S/C14H21N/c1-10-5-11(2)7-13(6-10)8-12-3-4-14(15)9-12/h5-7,12,14H,3-4,8-9,15H2,1-2H3. The Balaban J connectivity index is 2.04. The van der Waals surface area contributed by atoms with Gasteiger partial charge in [-0.1, -0.05) is 29.3 Å². The fraction of sp³-hybridized carbons (Fsp3) is 0.571. The Morgan fingerprint density at radius 2 is 1.80 bits per heavy atom. The van der Waals surface area contributed by atoms with E-state index in [1.165, 1.54) is 42.4 Å². The van der Waals surface area contributed by atoms with Crippen LogP contribution in [-0.4, -0.2) is 6.04 Å². The molecule has 0 amide bonds. The fourth-order valence-electron chi connectivity index (χ4n) is 2.82. The monoisotopic (exact) mass is 203 g/mol. The van der Waals surface area contributed by atoms with Crippen LogP contribution in [0.3, 0.4) is 0 Å². The third-order valence-electron chi connectivity index (χ3n) is 3.39. The van der Waals surface area contributed by atoms with Gasteiger partial charge in [-0.25, -0.2) is 0 Å². The molecule has 1 heteroatoms. The van der Waals surface area contributed by atoms with Crippen molar-refractivity contribution in [1.29, 1.82) is 0 Å². The first kappa shape index (κ1) is 10.7. The highest BCUT2D eigenvalue weighted by molar-refractivity contribution is 5.28. The van der Waals surface area contributed by atoms with E-state index >= 15 is 0 Å². The van der Waals surface area contributed by atoms with Crippen LogP contribution in [0.15, 0.2) is 18.2 Å². The average Bonchev–Trinajstić information content (AvgIpc) is 2.49. The van der Waals surface area contributed by atoms with Gasteiger partial charge in [0.15, 0.2) is 0 Å². The zero-order valence-corrected chi connectivity index (χ0v) is 9.79. The maximum Gasteiger partial charge on any atom is 0.00416 e. The van der Waals surface area contributed by atoms with Crippen molar-refractivity contribution in [2.75, 3.05) is 0 Å². The Kier molecular flexibility index (Phi) is 3.11. The van der Waals surface area contributed by atoms with Gasteiger partial charge in [-0.15, -0.1) is 0 Å². The summed E-state index contributed by atoms with van der Waals surface area (Å²) in [6.45, 7) is 4.35. The number of hydrogen-bond donors (Lipinski definition) is 1. The first-order valence-corrected chi connectivity index (χ1v) is 5.96. The van der Waals surface area contributed by atoms with Gasteiger partial charge in [0.05, 0.1) is 0 Å². The molecule has 0 aliphatic heterocycles. The molecule has 2 unspecified atom stereocenters. The highest BCUT2D eigenvalue weighted by Gasteiger charge is 2.21. The van der Waals surface area contributed by atoms with Crippen molar-refractivity contribution in [2.45, 2.75) is 45.6 Å². The third kappa shape index (κ3) is 2.82. The molecule has 0 bridgehead atoms. The van der Waals surface area contributed by atoms with E-state index < -0.39 is 0 Å². The summed E-state index contributed by atoms with van der Waals surface area (Å²) in [6.07, 6.45) is 4.97. The summed E-state index contributed by atoms with van der Waals surface area (Å²) in [5.74, 6) is 0.821. The fourth-order valence-corrected chi connectivity index (χ4v) is 2.82. The van der Waals surface area contributed by atoms with Gasteiger partial charge in [-0.05, 0) is 51.0 Å². The van der Waals surface area contributed by atoms with Crippen LogP contribution >= 0.6 is 0 Å². The Morgan fingerprint density at radius 1 is 1.13 bits per heavy atom. The van der Waals surface area contributed by atoms with E-state index in [2.05, 4.69) is 32.0 Å². The van der Waals surface area contributed by atoms with Gasteiger partial charge in [0, 0.05) is 6.04 Å². The lowest BCUT2D eigenvalue weighted by molar-refractivity contribution is 0.535. The highest BCUT2D eigenvalue weighted by atomic mass is 14.6. The van der Waals surface area contributed by atoms with Crippen LogP contribution in [0.4, 0.5) is 0 Å². The summed E-state index contributed by atoms with van der Waals surface area (Å²) in [7, 11) is 0. The van der Waals surface area contributed by atoms with Crippen LogP contribution < -0.4 is 5.73 Å². The van der Waals surface area contributed by atoms with Gasteiger partial charge in [0.25, 0.3) is 0 Å². The predicted molar refractivity (Wildman–Crippen MR) is 64.9 cm³/mol. The quantitative estimate of drug-likeness (QED) is 0.785. The zero-order valence-electron chi connectivity index (χ0n) is 9.79. The molecule has 82 valence electrons. The normalized spacial score (nSPS) is 25.8. The molecule has 15 heavy (non-hydrogen) atoms. The van der Waals surface area contributed by atoms with Crippen molar-refractivity contribution in [3.8, 4) is 0 Å². The highest BCUT2D eigenvalue weighted by Crippen LogP contribution is 2.27. The van der Waals surface area contributed by atoms with E-state index in [1.807, 2.05) is 0 Å². The Hall–Kier alpha value is -0.820. The first-order valence-electron chi connectivity index (χ1n) is 5.96. The molecule has 1 aliphatic carbocycles. The largest absolute Gasteiger partial charge is 0.328 e. The van der Waals surface area contributed by atoms with Crippen molar-refractivity contribution >= 4 is 0 Å². The van der Waals surface area contributed by atoms with E-state index in [0.29, 0.717) is 6.04 Å². The van der Waals surface area contributed by atoms with Gasteiger partial charge >= 0.3 is 0 Å². The maximum absolute atomic E-state index is 5.94. The van der Waals surface area contributed by atoms with Crippen LogP contribution in [0.1, 0.15) is 36.0 Å². The van der Waals surface area contributed by atoms with Crippen molar-refractivity contribution in [1.82, 2.24) is 0 Å². The number of aryl methyl sites for hydroxylation is 2. The molecule has 2 atom stereocenters. The third-order valence-corrected chi connectivity index (χ3v) is 3.39. The van der Waals surface area contributed by atoms with Crippen LogP contribution in [0.5, 0.6) is 0 Å². The van der Waals surface area contributed by atoms with Crippen LogP contribution in [0.2, 0.25) is 0 Å². The minimum absolute atomic E-state index is 0.459. The first-order chi connectivity index (χ1) is 7.13. The molecule has 1 saturated carbocycles. The zero-order chi connectivity index (χ0) is 10.8. The molecule has 1 fully saturated rings. The maximum atomic E-state index is 5.94. The SMILES string of the molecule is Cc1cc(C)cc(CC2CCC(N)C2)c1. The molecule has 2 N–H and O–H groups in total. The second-order valence-electron chi connectivity index (χ2n) is 5.14. The number of nitrogens with two attached hydrogens (primary N) is 1. The molecule has 1 aromatic carbocycles. The van der Waals surface area contributed by atoms with Crippen LogP contribution in [0, 0.1) is 19.8 Å². The second kappa shape index (κ2) is 4.36. The van der Waals surface area contributed by atoms with Crippen LogP contribution in [0.25, 0.3) is 0 Å². The molecule has 1 aromatic rings. The molecule has 0 aromatic heterocycles. The molecule has 0 heterocycles. The summed E-state index contributed by atoms with van der Waals surface area (Å²) in [6, 6.07) is 7.33. The number of rotatable bonds is 2. The van der Waals surface area contributed by atoms with Crippen molar-refractivity contribution < 1.29 is 0 Å². The van der Waals surface area contributed by atoms with E-state index in [1.54, 1.807) is 0 Å². The number of benzene rings is 1. The van der Waals surface area contributed by atoms with E-state index in [0.717, 1.165) is 5.92 Å². The van der Waals surface area contributed by atoms with E-state index in [-0.39, 0.29) is 0 Å². The molecule has 2 rings (SSSR count). The Labute approximate surface area is 92.7 Å². The van der Waals surface area contributed by atoms with Gasteiger partial charge in [0.2, 0.25) is 0 Å². The molecule has 0 saturated heterocycles. The molecule has 1 nitrogen and oxygen atoms in total. The van der Waals surface area contributed by atoms with Crippen molar-refractivity contribution in [3.63, 3.8) is 0 Å². The summed E-state index contributed by atoms with van der Waals surface area (Å²) >= 11 is 0. The van der Waals surface area contributed by atoms with Gasteiger partial charge < -0.3 is 5.73 Å². The molecular weight excluding hydrogens is 182 g/mol.